The summed E-state index contributed by atoms with van der Waals surface area (Å²) in [6.07, 6.45) is 4.56. The van der Waals surface area contributed by atoms with E-state index in [0.29, 0.717) is 17.0 Å². The van der Waals surface area contributed by atoms with Gasteiger partial charge >= 0.3 is 5.97 Å². The van der Waals surface area contributed by atoms with Crippen molar-refractivity contribution in [1.82, 2.24) is 10.2 Å². The smallest absolute Gasteiger partial charge is 0.325 e. The largest absolute Gasteiger partial charge is 0.480 e. The molecule has 26 heavy (non-hydrogen) atoms. The Balaban J connectivity index is 1.87. The minimum Gasteiger partial charge on any atom is -0.480 e. The van der Waals surface area contributed by atoms with Gasteiger partial charge in [-0.1, -0.05) is 30.5 Å². The summed E-state index contributed by atoms with van der Waals surface area (Å²) in [4.78, 5) is 38.6. The molecule has 1 aliphatic carbocycles. The normalized spacial score (nSPS) is 26.1. The van der Waals surface area contributed by atoms with Crippen LogP contribution >= 0.6 is 11.6 Å². The van der Waals surface area contributed by atoms with Crippen LogP contribution in [0.4, 0.5) is 0 Å². The second-order valence-corrected chi connectivity index (χ2v) is 7.59. The van der Waals surface area contributed by atoms with Gasteiger partial charge in [-0.2, -0.15) is 0 Å². The number of carbonyl (C=O) groups excluding carboxylic acids is 2. The summed E-state index contributed by atoms with van der Waals surface area (Å²) in [6.45, 7) is 1.42. The van der Waals surface area contributed by atoms with Crippen molar-refractivity contribution < 1.29 is 19.5 Å². The van der Waals surface area contributed by atoms with Crippen molar-refractivity contribution >= 4 is 29.4 Å². The van der Waals surface area contributed by atoms with Crippen LogP contribution in [0.1, 0.15) is 49.4 Å². The molecule has 1 saturated heterocycles. The first kappa shape index (κ1) is 18.7. The topological polar surface area (TPSA) is 86.7 Å². The van der Waals surface area contributed by atoms with Crippen LogP contribution in [0.3, 0.4) is 0 Å². The van der Waals surface area contributed by atoms with Gasteiger partial charge in [0.2, 0.25) is 5.91 Å². The van der Waals surface area contributed by atoms with E-state index in [0.717, 1.165) is 25.7 Å². The van der Waals surface area contributed by atoms with Gasteiger partial charge in [0.1, 0.15) is 12.1 Å². The predicted octanol–water partition coefficient (Wildman–Crippen LogP) is 2.70. The molecule has 3 rings (SSSR count). The van der Waals surface area contributed by atoms with Gasteiger partial charge in [-0.05, 0) is 50.3 Å². The number of nitrogens with zero attached hydrogens (tertiary/aromatic N) is 1. The molecule has 1 heterocycles. The van der Waals surface area contributed by atoms with Gasteiger partial charge in [0.05, 0.1) is 0 Å². The highest BCUT2D eigenvalue weighted by atomic mass is 35.5. The Bertz CT molecular complexity index is 723. The number of hydrogen-bond acceptors (Lipinski definition) is 3. The Labute approximate surface area is 157 Å². The lowest BCUT2D eigenvalue weighted by Gasteiger charge is -2.34. The molecular weight excluding hydrogens is 356 g/mol. The molecule has 6 nitrogen and oxygen atoms in total. The van der Waals surface area contributed by atoms with E-state index in [-0.39, 0.29) is 17.9 Å². The molecule has 4 atom stereocenters. The Morgan fingerprint density at radius 2 is 2.00 bits per heavy atom. The van der Waals surface area contributed by atoms with E-state index in [4.69, 9.17) is 16.7 Å². The fourth-order valence-corrected chi connectivity index (χ4v) is 4.32. The fraction of sp³-hybridized carbons (Fsp3) is 0.526. The van der Waals surface area contributed by atoms with Crippen molar-refractivity contribution in [1.29, 1.82) is 0 Å². The van der Waals surface area contributed by atoms with Crippen molar-refractivity contribution in [3.63, 3.8) is 0 Å². The maximum atomic E-state index is 13.2. The van der Waals surface area contributed by atoms with Gasteiger partial charge in [-0.25, -0.2) is 0 Å². The number of halogens is 1. The van der Waals surface area contributed by atoms with Gasteiger partial charge in [0, 0.05) is 16.6 Å². The van der Waals surface area contributed by atoms with Gasteiger partial charge in [0.25, 0.3) is 5.91 Å². The van der Waals surface area contributed by atoms with E-state index in [1.165, 1.54) is 6.92 Å². The number of aliphatic carboxylic acids is 1. The van der Waals surface area contributed by atoms with Crippen LogP contribution in [0.15, 0.2) is 24.3 Å². The molecule has 0 radical (unpaired) electrons. The van der Waals surface area contributed by atoms with Crippen molar-refractivity contribution in [3.05, 3.63) is 34.9 Å². The first-order valence-corrected chi connectivity index (χ1v) is 9.37. The minimum atomic E-state index is -1.10. The van der Waals surface area contributed by atoms with Gasteiger partial charge in [0.15, 0.2) is 0 Å². The molecule has 0 spiro atoms. The Hall–Kier alpha value is -2.08. The monoisotopic (exact) mass is 378 g/mol. The average Bonchev–Trinajstić information content (AvgIpc) is 3.00. The lowest BCUT2D eigenvalue weighted by Crippen LogP contribution is -2.52. The number of amides is 2. The molecule has 1 aliphatic heterocycles. The van der Waals surface area contributed by atoms with Crippen LogP contribution in [0.25, 0.3) is 0 Å². The number of rotatable bonds is 4. The highest BCUT2D eigenvalue weighted by molar-refractivity contribution is 6.31. The van der Waals surface area contributed by atoms with Gasteiger partial charge < -0.3 is 15.3 Å². The SMILES string of the molecule is CC(NC(=O)C1CC2CCCCC2N1C(=O)c1cccc(Cl)c1)C(=O)O. The van der Waals surface area contributed by atoms with Crippen LogP contribution in [-0.2, 0) is 9.59 Å². The third-order valence-corrected chi connectivity index (χ3v) is 5.66. The van der Waals surface area contributed by atoms with Crippen molar-refractivity contribution in [2.45, 2.75) is 57.2 Å². The maximum Gasteiger partial charge on any atom is 0.325 e. The molecule has 2 amide bonds. The number of nitrogens with one attached hydrogen (secondary N) is 1. The number of hydrogen-bond donors (Lipinski definition) is 2. The second-order valence-electron chi connectivity index (χ2n) is 7.15. The maximum absolute atomic E-state index is 13.2. The van der Waals surface area contributed by atoms with E-state index < -0.39 is 24.0 Å². The third kappa shape index (κ3) is 3.70. The lowest BCUT2D eigenvalue weighted by atomic mass is 9.84. The molecule has 140 valence electrons. The average molecular weight is 379 g/mol. The standard InChI is InChI=1S/C19H23ClN2O4/c1-11(19(25)26)21-17(23)16-10-12-5-2-3-8-15(12)22(16)18(24)13-6-4-7-14(20)9-13/h4,6-7,9,11-12,15-16H,2-3,5,8,10H2,1H3,(H,21,23)(H,25,26). The zero-order valence-corrected chi connectivity index (χ0v) is 15.4. The van der Waals surface area contributed by atoms with Gasteiger partial charge in [-0.3, -0.25) is 14.4 Å². The van der Waals surface area contributed by atoms with Crippen molar-refractivity contribution in [2.24, 2.45) is 5.92 Å². The zero-order valence-electron chi connectivity index (χ0n) is 14.7. The van der Waals surface area contributed by atoms with Crippen molar-refractivity contribution in [2.75, 3.05) is 0 Å². The molecule has 2 N–H and O–H groups in total. The third-order valence-electron chi connectivity index (χ3n) is 5.43. The quantitative estimate of drug-likeness (QED) is 0.843. The molecule has 2 aliphatic rings. The molecule has 0 aromatic heterocycles. The number of carboxylic acid groups (broad SMARTS) is 1. The Morgan fingerprint density at radius 1 is 1.27 bits per heavy atom. The summed E-state index contributed by atoms with van der Waals surface area (Å²) >= 11 is 6.02. The Morgan fingerprint density at radius 3 is 2.69 bits per heavy atom. The number of benzene rings is 1. The Kier molecular flexibility index (Phi) is 5.51. The molecule has 1 aromatic carbocycles. The first-order valence-electron chi connectivity index (χ1n) is 9.00. The second kappa shape index (κ2) is 7.66. The number of fused-ring (bicyclic) bond motifs is 1. The van der Waals surface area contributed by atoms with Crippen LogP contribution < -0.4 is 5.32 Å². The van der Waals surface area contributed by atoms with E-state index in [1.54, 1.807) is 29.2 Å². The van der Waals surface area contributed by atoms with E-state index in [1.807, 2.05) is 0 Å². The molecule has 0 bridgehead atoms. The summed E-state index contributed by atoms with van der Waals surface area (Å²) in [5, 5.41) is 12.0. The summed E-state index contributed by atoms with van der Waals surface area (Å²) in [5.74, 6) is -1.43. The first-order chi connectivity index (χ1) is 12.4. The number of likely N-dealkylation sites (tertiary alicyclic amines) is 1. The van der Waals surface area contributed by atoms with Crippen molar-refractivity contribution in [3.8, 4) is 0 Å². The zero-order chi connectivity index (χ0) is 18.8. The van der Waals surface area contributed by atoms with E-state index >= 15 is 0 Å². The van der Waals surface area contributed by atoms with Crippen LogP contribution in [0.2, 0.25) is 5.02 Å². The van der Waals surface area contributed by atoms with Crippen LogP contribution in [-0.4, -0.2) is 45.9 Å². The molecule has 1 saturated carbocycles. The van der Waals surface area contributed by atoms with Gasteiger partial charge in [-0.15, -0.1) is 0 Å². The summed E-state index contributed by atoms with van der Waals surface area (Å²) in [5.41, 5.74) is 0.452. The summed E-state index contributed by atoms with van der Waals surface area (Å²) in [7, 11) is 0. The van der Waals surface area contributed by atoms with E-state index in [9.17, 15) is 14.4 Å². The summed E-state index contributed by atoms with van der Waals surface area (Å²) < 4.78 is 0. The highest BCUT2D eigenvalue weighted by Crippen LogP contribution is 2.40. The molecule has 2 fully saturated rings. The molecule has 1 aromatic rings. The molecule has 7 heteroatoms. The highest BCUT2D eigenvalue weighted by Gasteiger charge is 2.47. The number of carboxylic acids is 1. The predicted molar refractivity (Wildman–Crippen MR) is 97.0 cm³/mol. The summed E-state index contributed by atoms with van der Waals surface area (Å²) in [6, 6.07) is 5.10. The lowest BCUT2D eigenvalue weighted by molar-refractivity contribution is -0.141. The van der Waals surface area contributed by atoms with E-state index in [2.05, 4.69) is 5.32 Å². The van der Waals surface area contributed by atoms with Crippen LogP contribution in [0, 0.1) is 5.92 Å². The minimum absolute atomic E-state index is 0.0196. The fourth-order valence-electron chi connectivity index (χ4n) is 4.13. The number of carbonyl (C=O) groups is 3. The molecular formula is C19H23ClN2O4. The molecule has 4 unspecified atom stereocenters. The van der Waals surface area contributed by atoms with Crippen LogP contribution in [0.5, 0.6) is 0 Å².